The third-order valence-electron chi connectivity index (χ3n) is 4.61. The summed E-state index contributed by atoms with van der Waals surface area (Å²) in [7, 11) is 0. The van der Waals surface area contributed by atoms with Gasteiger partial charge in [-0.05, 0) is 45.6 Å². The highest BCUT2D eigenvalue weighted by molar-refractivity contribution is 5.95. The van der Waals surface area contributed by atoms with Gasteiger partial charge in [-0.15, -0.1) is 0 Å². The first-order valence-corrected chi connectivity index (χ1v) is 9.44. The van der Waals surface area contributed by atoms with Crippen molar-refractivity contribution in [2.24, 2.45) is 0 Å². The maximum Gasteiger partial charge on any atom is 0.270 e. The second-order valence-corrected chi connectivity index (χ2v) is 7.01. The van der Waals surface area contributed by atoms with Gasteiger partial charge in [-0.2, -0.15) is 4.98 Å². The molecule has 0 aliphatic rings. The second-order valence-electron chi connectivity index (χ2n) is 7.01. The maximum absolute atomic E-state index is 12.2. The Hall–Kier alpha value is -3.67. The van der Waals surface area contributed by atoms with E-state index >= 15 is 0 Å². The van der Waals surface area contributed by atoms with E-state index in [4.69, 9.17) is 9.26 Å². The summed E-state index contributed by atoms with van der Waals surface area (Å²) in [5.41, 5.74) is 2.03. The molecule has 4 aromatic rings. The van der Waals surface area contributed by atoms with Crippen LogP contribution in [-0.4, -0.2) is 22.7 Å². The molecule has 1 aromatic heterocycles. The minimum atomic E-state index is -0.358. The zero-order valence-electron chi connectivity index (χ0n) is 16.3. The lowest BCUT2D eigenvalue weighted by Crippen LogP contribution is -2.20. The molecule has 6 heteroatoms. The number of anilines is 1. The molecule has 0 saturated heterocycles. The number of carbonyl (C=O) groups is 1. The molecule has 0 atom stereocenters. The van der Waals surface area contributed by atoms with Gasteiger partial charge in [0, 0.05) is 5.56 Å². The molecule has 0 radical (unpaired) electrons. The largest absolute Gasteiger partial charge is 0.484 e. The molecule has 146 valence electrons. The van der Waals surface area contributed by atoms with Crippen LogP contribution >= 0.6 is 0 Å². The number of nitrogens with one attached hydrogen (secondary N) is 1. The molecule has 0 saturated carbocycles. The first-order chi connectivity index (χ1) is 14.1. The Balaban J connectivity index is 1.40. The summed E-state index contributed by atoms with van der Waals surface area (Å²) in [6, 6.07) is 21.5. The zero-order valence-corrected chi connectivity index (χ0v) is 16.3. The predicted octanol–water partition coefficient (Wildman–Crippen LogP) is 5.03. The van der Waals surface area contributed by atoms with E-state index in [9.17, 15) is 4.79 Å². The highest BCUT2D eigenvalue weighted by Gasteiger charge is 2.14. The summed E-state index contributed by atoms with van der Waals surface area (Å²) >= 11 is 0. The van der Waals surface area contributed by atoms with Crippen LogP contribution in [-0.2, 0) is 4.79 Å². The Kier molecular flexibility index (Phi) is 5.24. The van der Waals surface area contributed by atoms with E-state index in [0.29, 0.717) is 17.6 Å². The van der Waals surface area contributed by atoms with Gasteiger partial charge in [0.25, 0.3) is 17.7 Å². The average Bonchev–Trinajstić information content (AvgIpc) is 3.20. The van der Waals surface area contributed by atoms with E-state index in [1.165, 1.54) is 5.56 Å². The van der Waals surface area contributed by atoms with Crippen LogP contribution in [0.5, 0.6) is 5.75 Å². The van der Waals surface area contributed by atoms with E-state index in [1.54, 1.807) is 0 Å². The molecular formula is C23H21N3O3. The second kappa shape index (κ2) is 8.14. The SMILES string of the molecule is CC(C)c1ccc(OCC(=O)Nc2noc(-c3cccc4ccccc34)n2)cc1. The Morgan fingerprint density at radius 3 is 2.59 bits per heavy atom. The molecule has 0 aliphatic carbocycles. The Morgan fingerprint density at radius 1 is 1.03 bits per heavy atom. The van der Waals surface area contributed by atoms with Crippen molar-refractivity contribution in [1.82, 2.24) is 10.1 Å². The third-order valence-corrected chi connectivity index (χ3v) is 4.61. The first kappa shape index (κ1) is 18.7. The van der Waals surface area contributed by atoms with E-state index in [0.717, 1.165) is 16.3 Å². The molecule has 0 spiro atoms. The third kappa shape index (κ3) is 4.27. The predicted molar refractivity (Wildman–Crippen MR) is 112 cm³/mol. The Labute approximate surface area is 168 Å². The van der Waals surface area contributed by atoms with Crippen LogP contribution in [0.2, 0.25) is 0 Å². The highest BCUT2D eigenvalue weighted by Crippen LogP contribution is 2.27. The van der Waals surface area contributed by atoms with Crippen molar-refractivity contribution in [3.05, 3.63) is 72.3 Å². The number of rotatable bonds is 6. The number of carbonyl (C=O) groups excluding carboxylic acids is 1. The van der Waals surface area contributed by atoms with Gasteiger partial charge in [-0.25, -0.2) is 0 Å². The van der Waals surface area contributed by atoms with Crippen LogP contribution in [0.1, 0.15) is 25.3 Å². The monoisotopic (exact) mass is 387 g/mol. The van der Waals surface area contributed by atoms with Crippen molar-refractivity contribution in [3.8, 4) is 17.2 Å². The maximum atomic E-state index is 12.2. The van der Waals surface area contributed by atoms with E-state index in [2.05, 4.69) is 29.3 Å². The minimum Gasteiger partial charge on any atom is -0.484 e. The molecule has 0 unspecified atom stereocenters. The van der Waals surface area contributed by atoms with Crippen molar-refractivity contribution in [3.63, 3.8) is 0 Å². The quantitative estimate of drug-likeness (QED) is 0.502. The van der Waals surface area contributed by atoms with Gasteiger partial charge in [0.2, 0.25) is 0 Å². The van der Waals surface area contributed by atoms with Crippen molar-refractivity contribution in [2.45, 2.75) is 19.8 Å². The van der Waals surface area contributed by atoms with Crippen LogP contribution in [0.4, 0.5) is 5.95 Å². The van der Waals surface area contributed by atoms with Gasteiger partial charge < -0.3 is 9.26 Å². The number of amides is 1. The zero-order chi connectivity index (χ0) is 20.2. The van der Waals surface area contributed by atoms with Crippen molar-refractivity contribution < 1.29 is 14.1 Å². The van der Waals surface area contributed by atoms with Crippen LogP contribution in [0, 0.1) is 0 Å². The van der Waals surface area contributed by atoms with Crippen LogP contribution in [0.15, 0.2) is 71.3 Å². The van der Waals surface area contributed by atoms with Gasteiger partial charge in [0.1, 0.15) is 5.75 Å². The molecule has 1 N–H and O–H groups in total. The van der Waals surface area contributed by atoms with Crippen LogP contribution in [0.25, 0.3) is 22.2 Å². The molecule has 1 heterocycles. The van der Waals surface area contributed by atoms with Crippen LogP contribution < -0.4 is 10.1 Å². The van der Waals surface area contributed by atoms with Crippen molar-refractivity contribution in [1.29, 1.82) is 0 Å². The average molecular weight is 387 g/mol. The fourth-order valence-electron chi connectivity index (χ4n) is 3.05. The van der Waals surface area contributed by atoms with E-state index in [1.807, 2.05) is 66.7 Å². The number of fused-ring (bicyclic) bond motifs is 1. The molecule has 29 heavy (non-hydrogen) atoms. The normalized spacial score (nSPS) is 11.0. The summed E-state index contributed by atoms with van der Waals surface area (Å²) in [5.74, 6) is 1.18. The Morgan fingerprint density at radius 2 is 1.79 bits per heavy atom. The Bertz CT molecular complexity index is 1130. The van der Waals surface area contributed by atoms with Gasteiger partial charge in [-0.1, -0.05) is 62.4 Å². The lowest BCUT2D eigenvalue weighted by molar-refractivity contribution is -0.118. The summed E-state index contributed by atoms with van der Waals surface area (Å²) in [6.45, 7) is 4.11. The minimum absolute atomic E-state index is 0.108. The van der Waals surface area contributed by atoms with E-state index < -0.39 is 0 Å². The van der Waals surface area contributed by atoms with Gasteiger partial charge >= 0.3 is 0 Å². The molecule has 1 amide bonds. The standard InChI is InChI=1S/C23H21N3O3/c1-15(2)16-10-12-18(13-11-16)28-14-21(27)24-23-25-22(29-26-23)20-9-5-7-17-6-3-4-8-19(17)20/h3-13,15H,14H2,1-2H3,(H,24,26,27). The summed E-state index contributed by atoms with van der Waals surface area (Å²) in [6.07, 6.45) is 0. The van der Waals surface area contributed by atoms with Gasteiger partial charge in [-0.3, -0.25) is 10.1 Å². The lowest BCUT2D eigenvalue weighted by Gasteiger charge is -2.08. The molecule has 0 fully saturated rings. The highest BCUT2D eigenvalue weighted by atomic mass is 16.5. The van der Waals surface area contributed by atoms with Crippen molar-refractivity contribution >= 4 is 22.6 Å². The smallest absolute Gasteiger partial charge is 0.270 e. The molecule has 0 aliphatic heterocycles. The van der Waals surface area contributed by atoms with Gasteiger partial charge in [0.05, 0.1) is 0 Å². The molecular weight excluding hydrogens is 366 g/mol. The molecule has 3 aromatic carbocycles. The molecule has 4 rings (SSSR count). The first-order valence-electron chi connectivity index (χ1n) is 9.44. The summed E-state index contributed by atoms with van der Waals surface area (Å²) in [4.78, 5) is 16.5. The number of hydrogen-bond acceptors (Lipinski definition) is 5. The number of ether oxygens (including phenoxy) is 1. The topological polar surface area (TPSA) is 77.2 Å². The van der Waals surface area contributed by atoms with Crippen LogP contribution in [0.3, 0.4) is 0 Å². The fourth-order valence-corrected chi connectivity index (χ4v) is 3.05. The fraction of sp³-hybridized carbons (Fsp3) is 0.174. The number of benzene rings is 3. The van der Waals surface area contributed by atoms with E-state index in [-0.39, 0.29) is 18.5 Å². The summed E-state index contributed by atoms with van der Waals surface area (Å²) in [5, 5.41) is 8.53. The lowest BCUT2D eigenvalue weighted by atomic mass is 10.0. The number of aromatic nitrogens is 2. The molecule has 0 bridgehead atoms. The molecule has 6 nitrogen and oxygen atoms in total. The number of nitrogens with zero attached hydrogens (tertiary/aromatic N) is 2. The van der Waals surface area contributed by atoms with Crippen molar-refractivity contribution in [2.75, 3.05) is 11.9 Å². The van der Waals surface area contributed by atoms with Gasteiger partial charge in [0.15, 0.2) is 6.61 Å². The summed E-state index contributed by atoms with van der Waals surface area (Å²) < 4.78 is 10.9. The number of hydrogen-bond donors (Lipinski definition) is 1.